The summed E-state index contributed by atoms with van der Waals surface area (Å²) < 4.78 is 5.07. The smallest absolute Gasteiger partial charge is 0.320 e. The molecule has 0 saturated carbocycles. The molecule has 16 heavy (non-hydrogen) atoms. The van der Waals surface area contributed by atoms with E-state index in [0.717, 1.165) is 12.8 Å². The molecule has 0 aliphatic heterocycles. The van der Waals surface area contributed by atoms with E-state index in [1.165, 1.54) is 0 Å². The number of rotatable bonds is 9. The van der Waals surface area contributed by atoms with Gasteiger partial charge in [-0.15, -0.1) is 0 Å². The molecule has 0 heterocycles. The minimum atomic E-state index is -0.816. The summed E-state index contributed by atoms with van der Waals surface area (Å²) in [5.74, 6) is -0.765. The van der Waals surface area contributed by atoms with Crippen molar-refractivity contribution >= 4 is 5.97 Å². The van der Waals surface area contributed by atoms with Gasteiger partial charge in [0.25, 0.3) is 0 Å². The van der Waals surface area contributed by atoms with Crippen LogP contribution in [-0.4, -0.2) is 43.4 Å². The molecule has 4 N–H and O–H groups in total. The summed E-state index contributed by atoms with van der Waals surface area (Å²) >= 11 is 0. The van der Waals surface area contributed by atoms with Gasteiger partial charge in [0.2, 0.25) is 0 Å². The van der Waals surface area contributed by atoms with Crippen molar-refractivity contribution in [2.45, 2.75) is 38.8 Å². The quantitative estimate of drug-likeness (QED) is 0.537. The third-order valence-corrected chi connectivity index (χ3v) is 2.47. The lowest BCUT2D eigenvalue weighted by atomic mass is 10.0. The maximum absolute atomic E-state index is 11.0. The van der Waals surface area contributed by atoms with Gasteiger partial charge in [-0.3, -0.25) is 10.1 Å². The normalized spacial score (nSPS) is 15.1. The summed E-state index contributed by atoms with van der Waals surface area (Å²) in [5, 5.41) is 12.2. The Morgan fingerprint density at radius 1 is 1.50 bits per heavy atom. The molecule has 0 aromatic heterocycles. The first kappa shape index (κ1) is 15.3. The molecular formula is C11H24N2O3. The van der Waals surface area contributed by atoms with Crippen LogP contribution in [-0.2, 0) is 9.53 Å². The molecule has 2 atom stereocenters. The van der Waals surface area contributed by atoms with E-state index in [4.69, 9.17) is 15.6 Å². The number of carbonyl (C=O) groups is 1. The van der Waals surface area contributed by atoms with E-state index in [1.54, 1.807) is 7.11 Å². The number of methoxy groups -OCH3 is 1. The number of carboxylic acids is 1. The van der Waals surface area contributed by atoms with Gasteiger partial charge in [-0.1, -0.05) is 13.8 Å². The Labute approximate surface area is 97.3 Å². The van der Waals surface area contributed by atoms with Crippen molar-refractivity contribution in [3.05, 3.63) is 0 Å². The topological polar surface area (TPSA) is 84.6 Å². The molecule has 96 valence electrons. The monoisotopic (exact) mass is 232 g/mol. The van der Waals surface area contributed by atoms with Gasteiger partial charge >= 0.3 is 5.97 Å². The molecule has 0 aliphatic rings. The van der Waals surface area contributed by atoms with Crippen molar-refractivity contribution in [3.8, 4) is 0 Å². The predicted octanol–water partition coefficient (Wildman–Crippen LogP) is 0.439. The molecule has 0 saturated heterocycles. The molecule has 2 unspecified atom stereocenters. The maximum atomic E-state index is 11.0. The van der Waals surface area contributed by atoms with E-state index in [1.807, 2.05) is 13.8 Å². The fourth-order valence-corrected chi connectivity index (χ4v) is 1.58. The van der Waals surface area contributed by atoms with Crippen LogP contribution in [0.1, 0.15) is 26.7 Å². The van der Waals surface area contributed by atoms with Crippen LogP contribution < -0.4 is 11.1 Å². The number of hydrogen-bond donors (Lipinski definition) is 3. The van der Waals surface area contributed by atoms with E-state index in [2.05, 4.69) is 5.32 Å². The molecule has 0 rings (SSSR count). The lowest BCUT2D eigenvalue weighted by Gasteiger charge is -2.25. The first-order valence-electron chi connectivity index (χ1n) is 5.70. The predicted molar refractivity (Wildman–Crippen MR) is 63.3 cm³/mol. The summed E-state index contributed by atoms with van der Waals surface area (Å²) in [6.45, 7) is 4.90. The van der Waals surface area contributed by atoms with Crippen molar-refractivity contribution in [2.75, 3.05) is 20.3 Å². The molecule has 0 radical (unpaired) electrons. The highest BCUT2D eigenvalue weighted by molar-refractivity contribution is 5.73. The third kappa shape index (κ3) is 6.05. The van der Waals surface area contributed by atoms with Gasteiger partial charge in [-0.05, 0) is 25.3 Å². The molecule has 0 aliphatic carbocycles. The highest BCUT2D eigenvalue weighted by Crippen LogP contribution is 2.06. The molecule has 0 spiro atoms. The third-order valence-electron chi connectivity index (χ3n) is 2.47. The van der Waals surface area contributed by atoms with Crippen LogP contribution in [0.3, 0.4) is 0 Å². The molecule has 0 bridgehead atoms. The summed E-state index contributed by atoms with van der Waals surface area (Å²) in [4.78, 5) is 11.0. The van der Waals surface area contributed by atoms with Gasteiger partial charge in [0, 0.05) is 13.2 Å². The van der Waals surface area contributed by atoms with E-state index in [9.17, 15) is 4.79 Å². The van der Waals surface area contributed by atoms with E-state index < -0.39 is 12.0 Å². The van der Waals surface area contributed by atoms with E-state index >= 15 is 0 Å². The lowest BCUT2D eigenvalue weighted by Crippen LogP contribution is -2.48. The van der Waals surface area contributed by atoms with Gasteiger partial charge < -0.3 is 15.6 Å². The first-order chi connectivity index (χ1) is 7.52. The van der Waals surface area contributed by atoms with Gasteiger partial charge in [-0.25, -0.2) is 0 Å². The zero-order chi connectivity index (χ0) is 12.6. The van der Waals surface area contributed by atoms with Crippen LogP contribution in [0.4, 0.5) is 0 Å². The Balaban J connectivity index is 4.26. The van der Waals surface area contributed by atoms with Crippen molar-refractivity contribution in [1.29, 1.82) is 0 Å². The zero-order valence-corrected chi connectivity index (χ0v) is 10.4. The molecular weight excluding hydrogens is 208 g/mol. The van der Waals surface area contributed by atoms with Crippen molar-refractivity contribution in [3.63, 3.8) is 0 Å². The maximum Gasteiger partial charge on any atom is 0.320 e. The van der Waals surface area contributed by atoms with Crippen molar-refractivity contribution < 1.29 is 14.6 Å². The van der Waals surface area contributed by atoms with Crippen LogP contribution in [0.25, 0.3) is 0 Å². The number of ether oxygens (including phenoxy) is 1. The fraction of sp³-hybridized carbons (Fsp3) is 0.909. The Hall–Kier alpha value is -0.650. The minimum absolute atomic E-state index is 0.0507. The average molecular weight is 232 g/mol. The lowest BCUT2D eigenvalue weighted by molar-refractivity contribution is -0.141. The van der Waals surface area contributed by atoms with Crippen LogP contribution in [0.5, 0.6) is 0 Å². The second-order valence-electron chi connectivity index (χ2n) is 4.31. The van der Waals surface area contributed by atoms with Crippen LogP contribution in [0.15, 0.2) is 0 Å². The fourth-order valence-electron chi connectivity index (χ4n) is 1.58. The molecule has 0 fully saturated rings. The van der Waals surface area contributed by atoms with Crippen LogP contribution in [0, 0.1) is 5.92 Å². The second-order valence-corrected chi connectivity index (χ2v) is 4.31. The molecule has 0 aromatic carbocycles. The van der Waals surface area contributed by atoms with Crippen molar-refractivity contribution in [2.24, 2.45) is 11.7 Å². The number of nitrogens with one attached hydrogen (secondary N) is 1. The summed E-state index contributed by atoms with van der Waals surface area (Å²) in [6.07, 6.45) is 1.70. The number of carboxylic acid groups (broad SMARTS) is 1. The highest BCUT2D eigenvalue weighted by Gasteiger charge is 2.24. The largest absolute Gasteiger partial charge is 0.480 e. The first-order valence-corrected chi connectivity index (χ1v) is 5.70. The highest BCUT2D eigenvalue weighted by atomic mass is 16.5. The molecule has 0 aromatic rings. The van der Waals surface area contributed by atoms with E-state index in [0.29, 0.717) is 13.2 Å². The SMILES string of the molecule is COCC(CCCN)NC(C(=O)O)C(C)C. The minimum Gasteiger partial charge on any atom is -0.480 e. The van der Waals surface area contributed by atoms with Crippen LogP contribution in [0.2, 0.25) is 0 Å². The summed E-state index contributed by atoms with van der Waals surface area (Å²) in [7, 11) is 1.61. The van der Waals surface area contributed by atoms with E-state index in [-0.39, 0.29) is 12.0 Å². The standard InChI is InChI=1S/C11H24N2O3/c1-8(2)10(11(14)15)13-9(7-16-3)5-4-6-12/h8-10,13H,4-7,12H2,1-3H3,(H,14,15). The van der Waals surface area contributed by atoms with Crippen LogP contribution >= 0.6 is 0 Å². The molecule has 5 nitrogen and oxygen atoms in total. The zero-order valence-electron chi connectivity index (χ0n) is 10.4. The summed E-state index contributed by atoms with van der Waals surface area (Å²) in [6, 6.07) is -0.477. The molecule has 0 amide bonds. The summed E-state index contributed by atoms with van der Waals surface area (Å²) in [5.41, 5.74) is 5.44. The number of hydrogen-bond acceptors (Lipinski definition) is 4. The number of aliphatic carboxylic acids is 1. The Morgan fingerprint density at radius 2 is 2.12 bits per heavy atom. The van der Waals surface area contributed by atoms with Gasteiger partial charge in [0.1, 0.15) is 6.04 Å². The Bertz CT molecular complexity index is 198. The molecule has 5 heteroatoms. The Kier molecular flexibility index (Phi) is 8.15. The second kappa shape index (κ2) is 8.50. The number of nitrogens with two attached hydrogens (primary N) is 1. The van der Waals surface area contributed by atoms with Crippen molar-refractivity contribution in [1.82, 2.24) is 5.32 Å². The van der Waals surface area contributed by atoms with Gasteiger partial charge in [-0.2, -0.15) is 0 Å². The van der Waals surface area contributed by atoms with Gasteiger partial charge in [0.05, 0.1) is 6.61 Å². The van der Waals surface area contributed by atoms with Gasteiger partial charge in [0.15, 0.2) is 0 Å². The Morgan fingerprint density at radius 3 is 2.50 bits per heavy atom. The average Bonchev–Trinajstić information content (AvgIpc) is 2.21.